The molecule has 0 unspecified atom stereocenters. The summed E-state index contributed by atoms with van der Waals surface area (Å²) in [5, 5.41) is 2.37. The Morgan fingerprint density at radius 3 is 2.57 bits per heavy atom. The molecule has 1 N–H and O–H groups in total. The zero-order valence-electron chi connectivity index (χ0n) is 10.3. The topological polar surface area (TPSA) is 63.2 Å². The fraction of sp³-hybridized carbons (Fsp3) is 0.0833. The molecule has 112 valence electrons. The number of benzene rings is 1. The SMILES string of the molecule is O=C(NCc1ccc(S(=O)(=O)Cl)s1)c1cccc(F)c1F. The molecular formula is C12H8ClF2NO3S2. The minimum atomic E-state index is -3.82. The molecule has 0 aliphatic rings. The highest BCUT2D eigenvalue weighted by Gasteiger charge is 2.16. The maximum absolute atomic E-state index is 13.4. The number of hydrogen-bond acceptors (Lipinski definition) is 4. The van der Waals surface area contributed by atoms with Crippen LogP contribution in [-0.2, 0) is 15.6 Å². The molecule has 0 spiro atoms. The van der Waals surface area contributed by atoms with Crippen LogP contribution >= 0.6 is 22.0 Å². The van der Waals surface area contributed by atoms with Crippen LogP contribution in [0.1, 0.15) is 15.2 Å². The summed E-state index contributed by atoms with van der Waals surface area (Å²) in [6.07, 6.45) is 0. The van der Waals surface area contributed by atoms with Crippen molar-refractivity contribution in [3.05, 3.63) is 52.4 Å². The number of hydrogen-bond donors (Lipinski definition) is 1. The fourth-order valence-corrected chi connectivity index (χ4v) is 3.59. The number of rotatable bonds is 4. The van der Waals surface area contributed by atoms with Crippen LogP contribution in [0, 0.1) is 11.6 Å². The smallest absolute Gasteiger partial charge is 0.270 e. The van der Waals surface area contributed by atoms with Gasteiger partial charge in [0.05, 0.1) is 12.1 Å². The molecule has 0 aliphatic heterocycles. The molecule has 0 fully saturated rings. The Morgan fingerprint density at radius 1 is 1.24 bits per heavy atom. The van der Waals surface area contributed by atoms with E-state index in [0.717, 1.165) is 23.5 Å². The summed E-state index contributed by atoms with van der Waals surface area (Å²) >= 11 is 0.882. The van der Waals surface area contributed by atoms with Crippen molar-refractivity contribution in [1.82, 2.24) is 5.32 Å². The highest BCUT2D eigenvalue weighted by molar-refractivity contribution is 8.15. The Balaban J connectivity index is 2.08. The summed E-state index contributed by atoms with van der Waals surface area (Å²) in [7, 11) is 1.36. The van der Waals surface area contributed by atoms with Crippen LogP contribution in [0.25, 0.3) is 0 Å². The van der Waals surface area contributed by atoms with Gasteiger partial charge in [-0.1, -0.05) is 6.07 Å². The first kappa shape index (κ1) is 15.9. The summed E-state index contributed by atoms with van der Waals surface area (Å²) < 4.78 is 48.5. The predicted octanol–water partition coefficient (Wildman–Crippen LogP) is 2.88. The van der Waals surface area contributed by atoms with E-state index in [9.17, 15) is 22.0 Å². The molecule has 4 nitrogen and oxygen atoms in total. The van der Waals surface area contributed by atoms with Crippen molar-refractivity contribution < 1.29 is 22.0 Å². The van der Waals surface area contributed by atoms with Gasteiger partial charge in [-0.15, -0.1) is 11.3 Å². The number of halogens is 3. The number of carbonyl (C=O) groups is 1. The minimum absolute atomic E-state index is 0.0220. The van der Waals surface area contributed by atoms with E-state index in [2.05, 4.69) is 5.32 Å². The van der Waals surface area contributed by atoms with Gasteiger partial charge < -0.3 is 5.32 Å². The van der Waals surface area contributed by atoms with Gasteiger partial charge >= 0.3 is 0 Å². The van der Waals surface area contributed by atoms with Crippen molar-refractivity contribution in [3.8, 4) is 0 Å². The lowest BCUT2D eigenvalue weighted by Crippen LogP contribution is -2.23. The van der Waals surface area contributed by atoms with Crippen LogP contribution < -0.4 is 5.32 Å². The molecular weight excluding hydrogens is 344 g/mol. The van der Waals surface area contributed by atoms with Crippen LogP contribution in [0.3, 0.4) is 0 Å². The second kappa shape index (κ2) is 6.08. The van der Waals surface area contributed by atoms with Crippen molar-refractivity contribution in [3.63, 3.8) is 0 Å². The Hall–Kier alpha value is -1.51. The van der Waals surface area contributed by atoms with Gasteiger partial charge in [0.15, 0.2) is 11.6 Å². The van der Waals surface area contributed by atoms with Gasteiger partial charge in [0.25, 0.3) is 15.0 Å². The number of nitrogens with one attached hydrogen (secondary N) is 1. The molecule has 2 aromatic rings. The quantitative estimate of drug-likeness (QED) is 0.861. The molecule has 0 bridgehead atoms. The lowest BCUT2D eigenvalue weighted by atomic mass is 10.2. The van der Waals surface area contributed by atoms with Crippen LogP contribution in [0.15, 0.2) is 34.5 Å². The molecule has 0 saturated carbocycles. The molecule has 2 rings (SSSR count). The number of thiophene rings is 1. The second-order valence-electron chi connectivity index (χ2n) is 3.94. The van der Waals surface area contributed by atoms with Crippen LogP contribution in [0.4, 0.5) is 8.78 Å². The first-order chi connectivity index (χ1) is 9.79. The summed E-state index contributed by atoms with van der Waals surface area (Å²) in [6.45, 7) is -0.0220. The van der Waals surface area contributed by atoms with Gasteiger partial charge in [-0.25, -0.2) is 17.2 Å². The van der Waals surface area contributed by atoms with Gasteiger partial charge in [0.2, 0.25) is 0 Å². The molecule has 21 heavy (non-hydrogen) atoms. The summed E-state index contributed by atoms with van der Waals surface area (Å²) in [5.41, 5.74) is -0.420. The van der Waals surface area contributed by atoms with Crippen molar-refractivity contribution >= 4 is 37.0 Å². The highest BCUT2D eigenvalue weighted by atomic mass is 35.7. The number of carbonyl (C=O) groups excluding carboxylic acids is 1. The van der Waals surface area contributed by atoms with Crippen molar-refractivity contribution in [2.45, 2.75) is 10.8 Å². The van der Waals surface area contributed by atoms with E-state index in [1.54, 1.807) is 0 Å². The Kier molecular flexibility index (Phi) is 4.60. The van der Waals surface area contributed by atoms with Crippen molar-refractivity contribution in [2.75, 3.05) is 0 Å². The zero-order chi connectivity index (χ0) is 15.6. The average Bonchev–Trinajstić information content (AvgIpc) is 2.88. The lowest BCUT2D eigenvalue weighted by Gasteiger charge is -2.05. The number of amides is 1. The molecule has 1 heterocycles. The molecule has 0 radical (unpaired) electrons. The van der Waals surface area contributed by atoms with Crippen LogP contribution in [0.5, 0.6) is 0 Å². The van der Waals surface area contributed by atoms with Crippen molar-refractivity contribution in [1.29, 1.82) is 0 Å². The van der Waals surface area contributed by atoms with E-state index in [4.69, 9.17) is 10.7 Å². The molecule has 1 amide bonds. The lowest BCUT2D eigenvalue weighted by molar-refractivity contribution is 0.0946. The largest absolute Gasteiger partial charge is 0.347 e. The van der Waals surface area contributed by atoms with E-state index in [1.807, 2.05) is 0 Å². The van der Waals surface area contributed by atoms with Crippen molar-refractivity contribution in [2.24, 2.45) is 0 Å². The molecule has 9 heteroatoms. The first-order valence-electron chi connectivity index (χ1n) is 5.54. The van der Waals surface area contributed by atoms with E-state index in [-0.39, 0.29) is 10.8 Å². The standard InChI is InChI=1S/C12H8ClF2NO3S2/c13-21(18,19)10-5-4-7(20-10)6-16-12(17)8-2-1-3-9(14)11(8)15/h1-5H,6H2,(H,16,17). The zero-order valence-corrected chi connectivity index (χ0v) is 12.7. The summed E-state index contributed by atoms with van der Waals surface area (Å²) in [6, 6.07) is 6.05. The third-order valence-corrected chi connectivity index (χ3v) is 5.67. The highest BCUT2D eigenvalue weighted by Crippen LogP contribution is 2.24. The summed E-state index contributed by atoms with van der Waals surface area (Å²) in [5.74, 6) is -3.14. The average molecular weight is 352 g/mol. The second-order valence-corrected chi connectivity index (χ2v) is 7.90. The first-order valence-corrected chi connectivity index (χ1v) is 8.67. The third kappa shape index (κ3) is 3.78. The maximum Gasteiger partial charge on any atom is 0.270 e. The van der Waals surface area contributed by atoms with E-state index < -0.39 is 32.2 Å². The van der Waals surface area contributed by atoms with Gasteiger partial charge in [-0.2, -0.15) is 0 Å². The normalized spacial score (nSPS) is 11.4. The molecule has 1 aromatic carbocycles. The Morgan fingerprint density at radius 2 is 1.95 bits per heavy atom. The van der Waals surface area contributed by atoms with E-state index in [0.29, 0.717) is 4.88 Å². The maximum atomic E-state index is 13.4. The monoisotopic (exact) mass is 351 g/mol. The third-order valence-electron chi connectivity index (χ3n) is 2.50. The van der Waals surface area contributed by atoms with Gasteiger partial charge in [0.1, 0.15) is 4.21 Å². The molecule has 0 aliphatic carbocycles. The predicted molar refractivity (Wildman–Crippen MR) is 74.9 cm³/mol. The summed E-state index contributed by atoms with van der Waals surface area (Å²) in [4.78, 5) is 12.3. The molecule has 0 saturated heterocycles. The Bertz CT molecular complexity index is 790. The van der Waals surface area contributed by atoms with Gasteiger partial charge in [-0.05, 0) is 24.3 Å². The molecule has 1 aromatic heterocycles. The van der Waals surface area contributed by atoms with E-state index >= 15 is 0 Å². The van der Waals surface area contributed by atoms with E-state index in [1.165, 1.54) is 18.2 Å². The Labute approximate surface area is 127 Å². The fourth-order valence-electron chi connectivity index (χ4n) is 1.53. The van der Waals surface area contributed by atoms with Gasteiger partial charge in [0, 0.05) is 15.6 Å². The minimum Gasteiger partial charge on any atom is -0.347 e. The molecule has 0 atom stereocenters. The van der Waals surface area contributed by atoms with Crippen LogP contribution in [0.2, 0.25) is 0 Å². The van der Waals surface area contributed by atoms with Crippen LogP contribution in [-0.4, -0.2) is 14.3 Å². The van der Waals surface area contributed by atoms with Gasteiger partial charge in [-0.3, -0.25) is 4.79 Å².